The molecule has 27 heavy (non-hydrogen) atoms. The Morgan fingerprint density at radius 1 is 1.26 bits per heavy atom. The first-order chi connectivity index (χ1) is 13.0. The predicted octanol–water partition coefficient (Wildman–Crippen LogP) is 1.73. The van der Waals surface area contributed by atoms with Gasteiger partial charge in [0.15, 0.2) is 6.61 Å². The van der Waals surface area contributed by atoms with Gasteiger partial charge in [-0.3, -0.25) is 14.5 Å². The van der Waals surface area contributed by atoms with Gasteiger partial charge in [-0.15, -0.1) is 0 Å². The lowest BCUT2D eigenvalue weighted by molar-refractivity contribution is -0.118. The predicted molar refractivity (Wildman–Crippen MR) is 101 cm³/mol. The first kappa shape index (κ1) is 18.3. The maximum absolute atomic E-state index is 13.1. The van der Waals surface area contributed by atoms with E-state index < -0.39 is 0 Å². The van der Waals surface area contributed by atoms with Gasteiger partial charge in [-0.05, 0) is 44.9 Å². The van der Waals surface area contributed by atoms with Crippen LogP contribution < -0.4 is 10.1 Å². The molecular formula is C20H27N3O4. The number of carbonyl (C=O) groups excluding carboxylic acids is 2. The third-order valence-corrected chi connectivity index (χ3v) is 5.46. The van der Waals surface area contributed by atoms with E-state index in [1.807, 2.05) is 4.90 Å². The molecule has 0 spiro atoms. The van der Waals surface area contributed by atoms with E-state index >= 15 is 0 Å². The second-order valence-electron chi connectivity index (χ2n) is 7.82. The van der Waals surface area contributed by atoms with Gasteiger partial charge in [-0.25, -0.2) is 0 Å². The van der Waals surface area contributed by atoms with Crippen molar-refractivity contribution in [3.8, 4) is 5.75 Å². The molecule has 0 radical (unpaired) electrons. The molecule has 146 valence electrons. The fourth-order valence-electron chi connectivity index (χ4n) is 4.40. The highest BCUT2D eigenvalue weighted by atomic mass is 16.5. The Bertz CT molecular complexity index is 728. The summed E-state index contributed by atoms with van der Waals surface area (Å²) in [6, 6.07) is 5.48. The average molecular weight is 373 g/mol. The van der Waals surface area contributed by atoms with Gasteiger partial charge < -0.3 is 19.7 Å². The number of morpholine rings is 1. The fourth-order valence-corrected chi connectivity index (χ4v) is 4.40. The van der Waals surface area contributed by atoms with Crippen molar-refractivity contribution in [1.82, 2.24) is 9.80 Å². The number of ether oxygens (including phenoxy) is 2. The molecule has 0 bridgehead atoms. The van der Waals surface area contributed by atoms with Crippen LogP contribution in [0.15, 0.2) is 18.2 Å². The molecular weight excluding hydrogens is 346 g/mol. The molecule has 3 aliphatic heterocycles. The van der Waals surface area contributed by atoms with Gasteiger partial charge in [0.1, 0.15) is 5.75 Å². The molecule has 3 aliphatic rings. The largest absolute Gasteiger partial charge is 0.482 e. The van der Waals surface area contributed by atoms with Crippen molar-refractivity contribution in [2.45, 2.75) is 44.9 Å². The highest BCUT2D eigenvalue weighted by Gasteiger charge is 2.33. The zero-order valence-electron chi connectivity index (χ0n) is 15.9. The van der Waals surface area contributed by atoms with E-state index in [-0.39, 0.29) is 36.7 Å². The zero-order chi connectivity index (χ0) is 19.0. The molecule has 7 heteroatoms. The van der Waals surface area contributed by atoms with Gasteiger partial charge in [0.25, 0.3) is 11.8 Å². The number of likely N-dealkylation sites (tertiary alicyclic amines) is 1. The summed E-state index contributed by atoms with van der Waals surface area (Å²) in [4.78, 5) is 28.9. The van der Waals surface area contributed by atoms with Gasteiger partial charge >= 0.3 is 0 Å². The van der Waals surface area contributed by atoms with E-state index in [9.17, 15) is 9.59 Å². The Kier molecular flexibility index (Phi) is 5.06. The lowest BCUT2D eigenvalue weighted by Gasteiger charge is -2.38. The fraction of sp³-hybridized carbons (Fsp3) is 0.600. The Labute approximate surface area is 159 Å². The number of hydrogen-bond acceptors (Lipinski definition) is 5. The third-order valence-electron chi connectivity index (χ3n) is 5.46. The molecule has 7 nitrogen and oxygen atoms in total. The SMILES string of the molecule is CC1CN(CC2CCCN2C(=O)c2ccc3c(c2)OCC(=O)N3)CC(C)O1. The minimum Gasteiger partial charge on any atom is -0.482 e. The van der Waals surface area contributed by atoms with E-state index in [1.54, 1.807) is 18.2 Å². The zero-order valence-corrected chi connectivity index (χ0v) is 15.9. The Hall–Kier alpha value is -2.12. The molecule has 1 aromatic carbocycles. The summed E-state index contributed by atoms with van der Waals surface area (Å²) in [6.45, 7) is 7.70. The monoisotopic (exact) mass is 373 g/mol. The molecule has 3 unspecified atom stereocenters. The van der Waals surface area contributed by atoms with Crippen molar-refractivity contribution < 1.29 is 19.1 Å². The summed E-state index contributed by atoms with van der Waals surface area (Å²) >= 11 is 0. The topological polar surface area (TPSA) is 71.1 Å². The smallest absolute Gasteiger partial charge is 0.262 e. The van der Waals surface area contributed by atoms with E-state index in [0.717, 1.165) is 39.0 Å². The Balaban J connectivity index is 1.45. The maximum Gasteiger partial charge on any atom is 0.262 e. The lowest BCUT2D eigenvalue weighted by atomic mass is 10.1. The van der Waals surface area contributed by atoms with Crippen molar-refractivity contribution in [3.63, 3.8) is 0 Å². The van der Waals surface area contributed by atoms with Crippen molar-refractivity contribution in [1.29, 1.82) is 0 Å². The van der Waals surface area contributed by atoms with Gasteiger partial charge in [0.05, 0.1) is 17.9 Å². The van der Waals surface area contributed by atoms with Crippen LogP contribution >= 0.6 is 0 Å². The summed E-state index contributed by atoms with van der Waals surface area (Å²) < 4.78 is 11.3. The molecule has 2 fully saturated rings. The molecule has 3 atom stereocenters. The van der Waals surface area contributed by atoms with Crippen LogP contribution in [-0.4, -0.2) is 72.6 Å². The van der Waals surface area contributed by atoms with Crippen molar-refractivity contribution in [2.24, 2.45) is 0 Å². The number of benzene rings is 1. The minimum atomic E-state index is -0.171. The molecule has 2 amide bonds. The van der Waals surface area contributed by atoms with Crippen LogP contribution in [-0.2, 0) is 9.53 Å². The van der Waals surface area contributed by atoms with Gasteiger partial charge in [-0.1, -0.05) is 0 Å². The number of nitrogens with one attached hydrogen (secondary N) is 1. The van der Waals surface area contributed by atoms with Crippen LogP contribution in [0.1, 0.15) is 37.0 Å². The quantitative estimate of drug-likeness (QED) is 0.874. The van der Waals surface area contributed by atoms with Gasteiger partial charge in [-0.2, -0.15) is 0 Å². The normalized spacial score (nSPS) is 28.4. The number of hydrogen-bond donors (Lipinski definition) is 1. The first-order valence-electron chi connectivity index (χ1n) is 9.75. The molecule has 0 saturated carbocycles. The summed E-state index contributed by atoms with van der Waals surface area (Å²) in [5, 5.41) is 2.76. The number of anilines is 1. The van der Waals surface area contributed by atoms with E-state index in [4.69, 9.17) is 9.47 Å². The van der Waals surface area contributed by atoms with Crippen LogP contribution in [0.25, 0.3) is 0 Å². The van der Waals surface area contributed by atoms with Crippen molar-refractivity contribution >= 4 is 17.5 Å². The summed E-state index contributed by atoms with van der Waals surface area (Å²) in [6.07, 6.45) is 2.52. The molecule has 0 aromatic heterocycles. The van der Waals surface area contributed by atoms with Gasteiger partial charge in [0, 0.05) is 37.8 Å². The number of amides is 2. The van der Waals surface area contributed by atoms with E-state index in [2.05, 4.69) is 24.1 Å². The van der Waals surface area contributed by atoms with Crippen LogP contribution in [0, 0.1) is 0 Å². The Morgan fingerprint density at radius 3 is 2.81 bits per heavy atom. The number of fused-ring (bicyclic) bond motifs is 1. The third kappa shape index (κ3) is 3.94. The summed E-state index contributed by atoms with van der Waals surface area (Å²) in [5.41, 5.74) is 1.23. The molecule has 4 rings (SSSR count). The summed E-state index contributed by atoms with van der Waals surface area (Å²) in [7, 11) is 0. The summed E-state index contributed by atoms with van der Waals surface area (Å²) in [5.74, 6) is 0.428. The van der Waals surface area contributed by atoms with E-state index in [0.29, 0.717) is 17.0 Å². The number of carbonyl (C=O) groups is 2. The van der Waals surface area contributed by atoms with Crippen LogP contribution in [0.4, 0.5) is 5.69 Å². The molecule has 2 saturated heterocycles. The van der Waals surface area contributed by atoms with Crippen LogP contribution in [0.5, 0.6) is 5.75 Å². The first-order valence-corrected chi connectivity index (χ1v) is 9.75. The van der Waals surface area contributed by atoms with Crippen LogP contribution in [0.2, 0.25) is 0 Å². The van der Waals surface area contributed by atoms with Crippen molar-refractivity contribution in [3.05, 3.63) is 23.8 Å². The number of rotatable bonds is 3. The van der Waals surface area contributed by atoms with Crippen molar-refractivity contribution in [2.75, 3.05) is 38.1 Å². The number of nitrogens with zero attached hydrogens (tertiary/aromatic N) is 2. The standard InChI is InChI=1S/C20H27N3O4/c1-13-9-22(10-14(2)27-13)11-16-4-3-7-23(16)20(25)15-5-6-17-18(8-15)26-12-19(24)21-17/h5-6,8,13-14,16H,3-4,7,9-12H2,1-2H3,(H,21,24). The lowest BCUT2D eigenvalue weighted by Crippen LogP contribution is -2.50. The maximum atomic E-state index is 13.1. The second kappa shape index (κ2) is 7.48. The van der Waals surface area contributed by atoms with Gasteiger partial charge in [0.2, 0.25) is 0 Å². The van der Waals surface area contributed by atoms with Crippen LogP contribution in [0.3, 0.4) is 0 Å². The Morgan fingerprint density at radius 2 is 2.04 bits per heavy atom. The molecule has 1 aromatic rings. The molecule has 1 N–H and O–H groups in total. The van der Waals surface area contributed by atoms with E-state index in [1.165, 1.54) is 0 Å². The average Bonchev–Trinajstić information content (AvgIpc) is 3.07. The molecule has 0 aliphatic carbocycles. The highest BCUT2D eigenvalue weighted by molar-refractivity contribution is 5.99. The highest BCUT2D eigenvalue weighted by Crippen LogP contribution is 2.30. The second-order valence-corrected chi connectivity index (χ2v) is 7.82. The minimum absolute atomic E-state index is 0.00954. The molecule has 3 heterocycles.